The van der Waals surface area contributed by atoms with E-state index in [1.54, 1.807) is 0 Å². The summed E-state index contributed by atoms with van der Waals surface area (Å²) in [5.74, 6) is 0.105. The fraction of sp³-hybridized carbons (Fsp3) is 0.407. The van der Waals surface area contributed by atoms with Crippen LogP contribution < -0.4 is 5.32 Å². The molecule has 3 aliphatic carbocycles. The number of amides is 2. The normalized spacial score (nSPS) is 17.8. The monoisotopic (exact) mass is 427 g/mol. The molecule has 3 aliphatic rings. The number of H-pyrrole nitrogens is 1. The molecule has 0 bridgehead atoms. The Morgan fingerprint density at radius 1 is 0.938 bits per heavy atom. The number of benzene rings is 2. The van der Waals surface area contributed by atoms with Gasteiger partial charge in [-0.2, -0.15) is 0 Å². The van der Waals surface area contributed by atoms with Crippen LogP contribution in [0.1, 0.15) is 76.1 Å². The van der Waals surface area contributed by atoms with E-state index in [4.69, 9.17) is 0 Å². The van der Waals surface area contributed by atoms with Gasteiger partial charge in [0.25, 0.3) is 11.8 Å². The number of aromatic nitrogens is 1. The van der Waals surface area contributed by atoms with Crippen molar-refractivity contribution >= 4 is 22.7 Å². The quantitative estimate of drug-likeness (QED) is 0.597. The van der Waals surface area contributed by atoms with E-state index in [-0.39, 0.29) is 11.8 Å². The molecule has 5 nitrogen and oxygen atoms in total. The molecule has 0 spiro atoms. The highest BCUT2D eigenvalue weighted by Crippen LogP contribution is 2.33. The fourth-order valence-corrected chi connectivity index (χ4v) is 4.91. The minimum atomic E-state index is -0.00249. The Kier molecular flexibility index (Phi) is 4.78. The maximum absolute atomic E-state index is 13.5. The number of rotatable bonds is 6. The van der Waals surface area contributed by atoms with Gasteiger partial charge in [-0.1, -0.05) is 12.1 Å². The highest BCUT2D eigenvalue weighted by molar-refractivity contribution is 5.99. The van der Waals surface area contributed by atoms with Crippen LogP contribution >= 0.6 is 0 Å². The number of carbonyl (C=O) groups is 2. The predicted molar refractivity (Wildman–Crippen MR) is 125 cm³/mol. The van der Waals surface area contributed by atoms with Crippen molar-refractivity contribution in [3.8, 4) is 0 Å². The molecule has 32 heavy (non-hydrogen) atoms. The lowest BCUT2D eigenvalue weighted by molar-refractivity contribution is 0.0729. The average molecular weight is 428 g/mol. The van der Waals surface area contributed by atoms with Crippen LogP contribution in [0.5, 0.6) is 0 Å². The maximum atomic E-state index is 13.5. The van der Waals surface area contributed by atoms with E-state index in [1.165, 1.54) is 29.5 Å². The van der Waals surface area contributed by atoms with Gasteiger partial charge < -0.3 is 15.2 Å². The maximum Gasteiger partial charge on any atom is 0.254 e. The third kappa shape index (κ3) is 3.81. The summed E-state index contributed by atoms with van der Waals surface area (Å²) >= 11 is 0. The molecule has 0 unspecified atom stereocenters. The molecule has 2 aromatic carbocycles. The van der Waals surface area contributed by atoms with Crippen molar-refractivity contribution in [3.63, 3.8) is 0 Å². The number of fused-ring (bicyclic) bond motifs is 3. The molecule has 5 heteroatoms. The molecule has 6 rings (SSSR count). The fourth-order valence-electron chi connectivity index (χ4n) is 4.91. The van der Waals surface area contributed by atoms with Crippen molar-refractivity contribution in [1.29, 1.82) is 0 Å². The Labute approximate surface area is 188 Å². The van der Waals surface area contributed by atoms with E-state index < -0.39 is 0 Å². The van der Waals surface area contributed by atoms with Gasteiger partial charge in [-0.3, -0.25) is 9.59 Å². The van der Waals surface area contributed by atoms with Crippen molar-refractivity contribution in [2.45, 2.75) is 70.0 Å². The molecule has 2 N–H and O–H groups in total. The van der Waals surface area contributed by atoms with Gasteiger partial charge in [0.05, 0.1) is 0 Å². The van der Waals surface area contributed by atoms with E-state index in [0.717, 1.165) is 55.2 Å². The summed E-state index contributed by atoms with van der Waals surface area (Å²) in [5.41, 5.74) is 6.42. The summed E-state index contributed by atoms with van der Waals surface area (Å²) in [7, 11) is 0. The van der Waals surface area contributed by atoms with Crippen LogP contribution in [0.15, 0.2) is 42.5 Å². The number of hydrogen-bond acceptors (Lipinski definition) is 2. The van der Waals surface area contributed by atoms with Gasteiger partial charge in [0, 0.05) is 46.4 Å². The van der Waals surface area contributed by atoms with E-state index in [1.807, 2.05) is 35.2 Å². The SMILES string of the molecule is O=C(NC1CC1)c1ccc(CN(C(=O)c2ccc3[nH]c4c(c3c2)CCCC4)C2CC2)cc1. The Morgan fingerprint density at radius 3 is 2.44 bits per heavy atom. The molecular formula is C27H29N3O2. The van der Waals surface area contributed by atoms with Crippen LogP contribution in [0.25, 0.3) is 10.9 Å². The molecule has 0 atom stereocenters. The number of aromatic amines is 1. The van der Waals surface area contributed by atoms with Gasteiger partial charge in [-0.25, -0.2) is 0 Å². The lowest BCUT2D eigenvalue weighted by atomic mass is 9.95. The van der Waals surface area contributed by atoms with Crippen molar-refractivity contribution < 1.29 is 9.59 Å². The lowest BCUT2D eigenvalue weighted by Gasteiger charge is -2.23. The molecule has 1 heterocycles. The van der Waals surface area contributed by atoms with Crippen LogP contribution in [0.4, 0.5) is 0 Å². The number of nitrogens with one attached hydrogen (secondary N) is 2. The van der Waals surface area contributed by atoms with Crippen molar-refractivity contribution in [2.24, 2.45) is 0 Å². The van der Waals surface area contributed by atoms with E-state index in [0.29, 0.717) is 24.2 Å². The number of aryl methyl sites for hydroxylation is 2. The van der Waals surface area contributed by atoms with Gasteiger partial charge in [-0.15, -0.1) is 0 Å². The van der Waals surface area contributed by atoms with Crippen LogP contribution in [0.3, 0.4) is 0 Å². The van der Waals surface area contributed by atoms with Crippen molar-refractivity contribution in [1.82, 2.24) is 15.2 Å². The summed E-state index contributed by atoms with van der Waals surface area (Å²) in [4.78, 5) is 31.3. The topological polar surface area (TPSA) is 65.2 Å². The van der Waals surface area contributed by atoms with E-state index in [9.17, 15) is 9.59 Å². The first-order valence-electron chi connectivity index (χ1n) is 12.0. The van der Waals surface area contributed by atoms with Crippen LogP contribution in [0, 0.1) is 0 Å². The minimum absolute atomic E-state index is 0.00249. The van der Waals surface area contributed by atoms with Gasteiger partial charge in [0.2, 0.25) is 0 Å². The zero-order chi connectivity index (χ0) is 21.7. The first kappa shape index (κ1) is 19.6. The minimum Gasteiger partial charge on any atom is -0.358 e. The Morgan fingerprint density at radius 2 is 1.69 bits per heavy atom. The lowest BCUT2D eigenvalue weighted by Crippen LogP contribution is -2.32. The number of nitrogens with zero attached hydrogens (tertiary/aromatic N) is 1. The summed E-state index contributed by atoms with van der Waals surface area (Å²) in [5, 5.41) is 4.24. The van der Waals surface area contributed by atoms with Crippen molar-refractivity contribution in [3.05, 3.63) is 70.4 Å². The zero-order valence-corrected chi connectivity index (χ0v) is 18.3. The second-order valence-electron chi connectivity index (χ2n) is 9.66. The molecule has 0 radical (unpaired) electrons. The van der Waals surface area contributed by atoms with E-state index >= 15 is 0 Å². The first-order chi connectivity index (χ1) is 15.7. The summed E-state index contributed by atoms with van der Waals surface area (Å²) in [6.07, 6.45) is 8.96. The molecule has 164 valence electrons. The van der Waals surface area contributed by atoms with Crippen LogP contribution in [-0.4, -0.2) is 33.8 Å². The highest BCUT2D eigenvalue weighted by atomic mass is 16.2. The molecule has 0 aliphatic heterocycles. The van der Waals surface area contributed by atoms with Crippen molar-refractivity contribution in [2.75, 3.05) is 0 Å². The zero-order valence-electron chi connectivity index (χ0n) is 18.3. The third-order valence-corrected chi connectivity index (χ3v) is 7.08. The summed E-state index contributed by atoms with van der Waals surface area (Å²) < 4.78 is 0. The van der Waals surface area contributed by atoms with Gasteiger partial charge in [0.1, 0.15) is 0 Å². The smallest absolute Gasteiger partial charge is 0.254 e. The van der Waals surface area contributed by atoms with E-state index in [2.05, 4.69) is 22.4 Å². The summed E-state index contributed by atoms with van der Waals surface area (Å²) in [6, 6.07) is 14.5. The second-order valence-corrected chi connectivity index (χ2v) is 9.66. The molecule has 3 aromatic rings. The first-order valence-corrected chi connectivity index (χ1v) is 12.0. The highest BCUT2D eigenvalue weighted by Gasteiger charge is 2.33. The average Bonchev–Trinajstić information content (AvgIpc) is 3.75. The Hall–Kier alpha value is -3.08. The Balaban J connectivity index is 1.22. The number of hydrogen-bond donors (Lipinski definition) is 2. The van der Waals surface area contributed by atoms with Gasteiger partial charge in [-0.05, 0) is 92.8 Å². The molecular weight excluding hydrogens is 398 g/mol. The second kappa shape index (κ2) is 7.80. The number of carbonyl (C=O) groups excluding carboxylic acids is 2. The third-order valence-electron chi connectivity index (χ3n) is 7.08. The largest absolute Gasteiger partial charge is 0.358 e. The summed E-state index contributed by atoms with van der Waals surface area (Å²) in [6.45, 7) is 0.581. The standard InChI is InChI=1S/C27H29N3O2/c31-26(28-20-10-11-20)18-7-5-17(6-8-18)16-30(21-12-13-21)27(32)19-9-14-25-23(15-19)22-3-1-2-4-24(22)29-25/h5-9,14-15,20-21,29H,1-4,10-13,16H2,(H,28,31). The molecule has 2 fully saturated rings. The van der Waals surface area contributed by atoms with Gasteiger partial charge >= 0.3 is 0 Å². The molecule has 0 saturated heterocycles. The molecule has 2 saturated carbocycles. The predicted octanol–water partition coefficient (Wildman–Crippen LogP) is 4.74. The van der Waals surface area contributed by atoms with Crippen LogP contribution in [-0.2, 0) is 19.4 Å². The van der Waals surface area contributed by atoms with Crippen LogP contribution in [0.2, 0.25) is 0 Å². The Bertz CT molecular complexity index is 1190. The molecule has 1 aromatic heterocycles. The van der Waals surface area contributed by atoms with Gasteiger partial charge in [0.15, 0.2) is 0 Å². The molecule has 2 amide bonds.